The number of rotatable bonds is 7. The van der Waals surface area contributed by atoms with Crippen molar-refractivity contribution in [3.8, 4) is 0 Å². The summed E-state index contributed by atoms with van der Waals surface area (Å²) < 4.78 is 47.4. The van der Waals surface area contributed by atoms with E-state index in [0.29, 0.717) is 45.9 Å². The minimum absolute atomic E-state index is 0.166. The molecule has 2 fully saturated rings. The summed E-state index contributed by atoms with van der Waals surface area (Å²) in [4.78, 5) is 29.7. The zero-order valence-corrected chi connectivity index (χ0v) is 20.2. The molecule has 0 bridgehead atoms. The summed E-state index contributed by atoms with van der Waals surface area (Å²) in [6.07, 6.45) is -0.967. The summed E-state index contributed by atoms with van der Waals surface area (Å²) in [5.41, 5.74) is 5.81. The molecule has 0 spiro atoms. The SMILES string of the molecule is CCN(CC1CCN(Cc2ccc(C(F)(F)F)c(N3CCOCC3)c2)C1)C(=O)n1cc(C(N)=O)cn1. The van der Waals surface area contributed by atoms with E-state index in [-0.39, 0.29) is 23.2 Å². The van der Waals surface area contributed by atoms with Crippen LogP contribution in [-0.4, -0.2) is 84.0 Å². The Labute approximate surface area is 207 Å². The fraction of sp³-hybridized carbons (Fsp3) is 0.542. The lowest BCUT2D eigenvalue weighted by Crippen LogP contribution is -2.39. The van der Waals surface area contributed by atoms with Crippen molar-refractivity contribution in [1.82, 2.24) is 19.6 Å². The maximum atomic E-state index is 13.6. The number of amides is 2. The highest BCUT2D eigenvalue weighted by atomic mass is 19.4. The maximum absolute atomic E-state index is 13.6. The molecule has 4 rings (SSSR count). The van der Waals surface area contributed by atoms with Crippen molar-refractivity contribution >= 4 is 17.6 Å². The predicted molar refractivity (Wildman–Crippen MR) is 127 cm³/mol. The molecule has 9 nitrogen and oxygen atoms in total. The summed E-state index contributed by atoms with van der Waals surface area (Å²) in [6, 6.07) is 4.05. The minimum atomic E-state index is -4.42. The average Bonchev–Trinajstić information content (AvgIpc) is 3.52. The number of hydrogen-bond donors (Lipinski definition) is 1. The molecule has 12 heteroatoms. The number of anilines is 1. The predicted octanol–water partition coefficient (Wildman–Crippen LogP) is 2.65. The van der Waals surface area contributed by atoms with Crippen LogP contribution in [0.3, 0.4) is 0 Å². The molecule has 36 heavy (non-hydrogen) atoms. The number of benzene rings is 1. The van der Waals surface area contributed by atoms with Crippen molar-refractivity contribution in [2.45, 2.75) is 26.1 Å². The Bertz CT molecular complexity index is 1080. The Morgan fingerprint density at radius 3 is 2.61 bits per heavy atom. The van der Waals surface area contributed by atoms with Crippen LogP contribution in [0.1, 0.15) is 34.8 Å². The minimum Gasteiger partial charge on any atom is -0.378 e. The van der Waals surface area contributed by atoms with Crippen LogP contribution < -0.4 is 10.6 Å². The van der Waals surface area contributed by atoms with Crippen molar-refractivity contribution in [3.63, 3.8) is 0 Å². The first-order valence-electron chi connectivity index (χ1n) is 12.0. The molecule has 1 atom stereocenters. The van der Waals surface area contributed by atoms with Crippen molar-refractivity contribution in [1.29, 1.82) is 0 Å². The highest BCUT2D eigenvalue weighted by Gasteiger charge is 2.35. The average molecular weight is 509 g/mol. The molecule has 0 saturated carbocycles. The molecule has 3 heterocycles. The van der Waals surface area contributed by atoms with Gasteiger partial charge in [-0.15, -0.1) is 0 Å². The van der Waals surface area contributed by atoms with Gasteiger partial charge in [0.25, 0.3) is 5.91 Å². The fourth-order valence-corrected chi connectivity index (χ4v) is 4.80. The molecule has 196 valence electrons. The van der Waals surface area contributed by atoms with Crippen molar-refractivity contribution in [3.05, 3.63) is 47.3 Å². The Hall–Kier alpha value is -3.12. The van der Waals surface area contributed by atoms with Crippen LogP contribution in [0.5, 0.6) is 0 Å². The lowest BCUT2D eigenvalue weighted by Gasteiger charge is -2.31. The molecule has 1 unspecified atom stereocenters. The van der Waals surface area contributed by atoms with Crippen LogP contribution in [0.25, 0.3) is 0 Å². The highest BCUT2D eigenvalue weighted by molar-refractivity contribution is 5.93. The number of nitrogens with two attached hydrogens (primary N) is 1. The van der Waals surface area contributed by atoms with Gasteiger partial charge in [0.05, 0.1) is 30.5 Å². The van der Waals surface area contributed by atoms with E-state index in [1.807, 2.05) is 6.92 Å². The van der Waals surface area contributed by atoms with Gasteiger partial charge in [-0.25, -0.2) is 4.79 Å². The summed E-state index contributed by atoms with van der Waals surface area (Å²) in [7, 11) is 0. The number of aromatic nitrogens is 2. The number of halogens is 3. The summed E-state index contributed by atoms with van der Waals surface area (Å²) >= 11 is 0. The van der Waals surface area contributed by atoms with Gasteiger partial charge in [-0.2, -0.15) is 23.0 Å². The second-order valence-electron chi connectivity index (χ2n) is 9.20. The molecule has 2 N–H and O–H groups in total. The van der Waals surface area contributed by atoms with Gasteiger partial charge in [-0.05, 0) is 43.5 Å². The summed E-state index contributed by atoms with van der Waals surface area (Å²) in [6.45, 7) is 6.58. The van der Waals surface area contributed by atoms with E-state index in [2.05, 4.69) is 10.00 Å². The number of hydrogen-bond acceptors (Lipinski definition) is 6. The topological polar surface area (TPSA) is 96.9 Å². The van der Waals surface area contributed by atoms with Crippen molar-refractivity contribution < 1.29 is 27.5 Å². The number of nitrogens with zero attached hydrogens (tertiary/aromatic N) is 5. The first-order chi connectivity index (χ1) is 17.2. The second kappa shape index (κ2) is 10.9. The Morgan fingerprint density at radius 1 is 1.22 bits per heavy atom. The molecule has 2 aliphatic rings. The third-order valence-corrected chi connectivity index (χ3v) is 6.69. The number of ether oxygens (including phenoxy) is 1. The van der Waals surface area contributed by atoms with E-state index in [4.69, 9.17) is 10.5 Å². The van der Waals surface area contributed by atoms with Gasteiger partial charge in [0.15, 0.2) is 0 Å². The van der Waals surface area contributed by atoms with Gasteiger partial charge in [-0.1, -0.05) is 6.07 Å². The van der Waals surface area contributed by atoms with E-state index in [9.17, 15) is 22.8 Å². The van der Waals surface area contributed by atoms with Crippen molar-refractivity contribution in [2.24, 2.45) is 11.7 Å². The van der Waals surface area contributed by atoms with Gasteiger partial charge < -0.3 is 20.3 Å². The summed E-state index contributed by atoms with van der Waals surface area (Å²) in [5.74, 6) is -0.434. The largest absolute Gasteiger partial charge is 0.418 e. The molecule has 1 aromatic heterocycles. The molecular weight excluding hydrogens is 477 g/mol. The number of carbonyl (C=O) groups excluding carboxylic acids is 2. The quantitative estimate of drug-likeness (QED) is 0.618. The van der Waals surface area contributed by atoms with Gasteiger partial charge in [-0.3, -0.25) is 9.69 Å². The van der Waals surface area contributed by atoms with E-state index >= 15 is 0 Å². The molecule has 2 amide bonds. The van der Waals surface area contributed by atoms with E-state index in [1.54, 1.807) is 21.9 Å². The Balaban J connectivity index is 1.39. The number of likely N-dealkylation sites (tertiary alicyclic amines) is 1. The van der Waals surface area contributed by atoms with Crippen LogP contribution in [0, 0.1) is 5.92 Å². The molecular formula is C24H31F3N6O3. The number of alkyl halides is 3. The molecule has 0 aliphatic carbocycles. The lowest BCUT2D eigenvalue weighted by atomic mass is 10.1. The Kier molecular flexibility index (Phi) is 7.84. The number of morpholine rings is 1. The van der Waals surface area contributed by atoms with Crippen LogP contribution >= 0.6 is 0 Å². The maximum Gasteiger partial charge on any atom is 0.418 e. The molecule has 0 radical (unpaired) electrons. The first kappa shape index (κ1) is 26.0. The first-order valence-corrected chi connectivity index (χ1v) is 12.0. The number of carbonyl (C=O) groups is 2. The standard InChI is InChI=1S/C24H31F3N6O3/c1-2-31(23(35)33-16-19(12-29-33)22(28)34)15-18-5-6-30(14-18)13-17-3-4-20(24(25,26)27)21(11-17)32-7-9-36-10-8-32/h3-4,11-12,16,18H,2,5-10,13-15H2,1H3,(H2,28,34). The fourth-order valence-electron chi connectivity index (χ4n) is 4.80. The van der Waals surface area contributed by atoms with Gasteiger partial charge in [0.1, 0.15) is 0 Å². The molecule has 2 aliphatic heterocycles. The van der Waals surface area contributed by atoms with Gasteiger partial charge in [0.2, 0.25) is 0 Å². The lowest BCUT2D eigenvalue weighted by molar-refractivity contribution is -0.137. The molecule has 2 aromatic rings. The van der Waals surface area contributed by atoms with E-state index in [0.717, 1.165) is 29.8 Å². The zero-order valence-electron chi connectivity index (χ0n) is 20.2. The van der Waals surface area contributed by atoms with Crippen LogP contribution in [-0.2, 0) is 17.5 Å². The molecule has 2 saturated heterocycles. The van der Waals surface area contributed by atoms with Crippen molar-refractivity contribution in [2.75, 3.05) is 57.4 Å². The zero-order chi connectivity index (χ0) is 25.9. The van der Waals surface area contributed by atoms with Crippen LogP contribution in [0.2, 0.25) is 0 Å². The monoisotopic (exact) mass is 508 g/mol. The van der Waals surface area contributed by atoms with Gasteiger partial charge in [0, 0.05) is 51.2 Å². The third kappa shape index (κ3) is 5.98. The van der Waals surface area contributed by atoms with E-state index in [1.165, 1.54) is 18.5 Å². The van der Waals surface area contributed by atoms with Gasteiger partial charge >= 0.3 is 12.2 Å². The van der Waals surface area contributed by atoms with Crippen LogP contribution in [0.4, 0.5) is 23.7 Å². The summed E-state index contributed by atoms with van der Waals surface area (Å²) in [5, 5.41) is 3.94. The Morgan fingerprint density at radius 2 is 1.97 bits per heavy atom. The van der Waals surface area contributed by atoms with Crippen LogP contribution in [0.15, 0.2) is 30.6 Å². The smallest absolute Gasteiger partial charge is 0.378 e. The molecule has 1 aromatic carbocycles. The highest BCUT2D eigenvalue weighted by Crippen LogP contribution is 2.38. The van der Waals surface area contributed by atoms with E-state index < -0.39 is 17.6 Å². The second-order valence-corrected chi connectivity index (χ2v) is 9.20. The number of primary amides is 1. The normalized spacial score (nSPS) is 19.0. The third-order valence-electron chi connectivity index (χ3n) is 6.69.